The quantitative estimate of drug-likeness (QED) is 0.790. The largest absolute Gasteiger partial charge is 0.307 e. The van der Waals surface area contributed by atoms with E-state index in [1.54, 1.807) is 0 Å². The minimum atomic E-state index is 0.789. The molecule has 3 rings (SSSR count). The van der Waals surface area contributed by atoms with Gasteiger partial charge in [-0.2, -0.15) is 0 Å². The summed E-state index contributed by atoms with van der Waals surface area (Å²) in [5, 5.41) is 1.04. The highest BCUT2D eigenvalue weighted by atomic mass is 79.9. The highest BCUT2D eigenvalue weighted by molar-refractivity contribution is 9.09. The van der Waals surface area contributed by atoms with E-state index in [0.717, 1.165) is 30.1 Å². The van der Waals surface area contributed by atoms with Gasteiger partial charge in [0.05, 0.1) is 5.69 Å². The first kappa shape index (κ1) is 11.2. The topological polar surface area (TPSA) is 20.5 Å². The van der Waals surface area contributed by atoms with Crippen molar-refractivity contribution in [1.29, 1.82) is 0 Å². The first-order valence-electron chi connectivity index (χ1n) is 6.09. The molecule has 1 aliphatic rings. The Bertz CT molecular complexity index is 471. The summed E-state index contributed by atoms with van der Waals surface area (Å²) >= 11 is 3.53. The molecule has 0 saturated heterocycles. The second kappa shape index (κ2) is 4.78. The predicted molar refractivity (Wildman–Crippen MR) is 72.4 cm³/mol. The van der Waals surface area contributed by atoms with Crippen molar-refractivity contribution in [2.45, 2.75) is 25.4 Å². The van der Waals surface area contributed by atoms with Crippen LogP contribution in [0.4, 0.5) is 0 Å². The lowest BCUT2D eigenvalue weighted by molar-refractivity contribution is 0.269. The smallest absolute Gasteiger partial charge is 0.137 e. The molecule has 2 heterocycles. The van der Waals surface area contributed by atoms with Crippen LogP contribution in [-0.2, 0) is 6.54 Å². The zero-order chi connectivity index (χ0) is 11.7. The molecule has 3 nitrogen and oxygen atoms in total. The van der Waals surface area contributed by atoms with Gasteiger partial charge in [-0.1, -0.05) is 22.0 Å². The van der Waals surface area contributed by atoms with Gasteiger partial charge in [0.2, 0.25) is 0 Å². The fraction of sp³-hybridized carbons (Fsp3) is 0.462. The fourth-order valence-electron chi connectivity index (χ4n) is 2.21. The van der Waals surface area contributed by atoms with Crippen LogP contribution >= 0.6 is 15.9 Å². The average molecular weight is 294 g/mol. The molecule has 90 valence electrons. The number of alkyl halides is 1. The third kappa shape index (κ3) is 2.53. The minimum absolute atomic E-state index is 0.789. The van der Waals surface area contributed by atoms with Crippen molar-refractivity contribution < 1.29 is 0 Å². The highest BCUT2D eigenvalue weighted by Gasteiger charge is 2.28. The Morgan fingerprint density at radius 2 is 2.29 bits per heavy atom. The maximum absolute atomic E-state index is 4.65. The van der Waals surface area contributed by atoms with Gasteiger partial charge in [0.15, 0.2) is 0 Å². The molecule has 1 aliphatic carbocycles. The summed E-state index contributed by atoms with van der Waals surface area (Å²) in [6.07, 6.45) is 6.89. The molecule has 1 fully saturated rings. The monoisotopic (exact) mass is 293 g/mol. The Hall–Kier alpha value is -0.870. The number of hydrogen-bond donors (Lipinski definition) is 0. The van der Waals surface area contributed by atoms with Crippen molar-refractivity contribution in [3.63, 3.8) is 0 Å². The average Bonchev–Trinajstić information content (AvgIpc) is 3.09. The third-order valence-corrected chi connectivity index (χ3v) is 3.57. The van der Waals surface area contributed by atoms with Crippen LogP contribution in [0.5, 0.6) is 0 Å². The van der Waals surface area contributed by atoms with E-state index < -0.39 is 0 Å². The number of hydrogen-bond acceptors (Lipinski definition) is 2. The van der Waals surface area contributed by atoms with E-state index in [1.807, 2.05) is 12.1 Å². The van der Waals surface area contributed by atoms with E-state index in [4.69, 9.17) is 0 Å². The Balaban J connectivity index is 1.78. The molecule has 0 bridgehead atoms. The lowest BCUT2D eigenvalue weighted by Crippen LogP contribution is -2.27. The lowest BCUT2D eigenvalue weighted by Gasteiger charge is -2.19. The van der Waals surface area contributed by atoms with Crippen LogP contribution in [0, 0.1) is 0 Å². The van der Waals surface area contributed by atoms with Crippen molar-refractivity contribution in [2.75, 3.05) is 11.9 Å². The first-order chi connectivity index (χ1) is 8.36. The number of fused-ring (bicyclic) bond motifs is 1. The fourth-order valence-corrected chi connectivity index (χ4v) is 2.67. The minimum Gasteiger partial charge on any atom is -0.307 e. The summed E-state index contributed by atoms with van der Waals surface area (Å²) in [6.45, 7) is 2.08. The number of rotatable bonds is 5. The summed E-state index contributed by atoms with van der Waals surface area (Å²) < 4.78 is 2.09. The first-order valence-corrected chi connectivity index (χ1v) is 7.21. The summed E-state index contributed by atoms with van der Waals surface area (Å²) in [6, 6.07) is 6.91. The molecule has 17 heavy (non-hydrogen) atoms. The lowest BCUT2D eigenvalue weighted by atomic mass is 10.4. The van der Waals surface area contributed by atoms with E-state index in [9.17, 15) is 0 Å². The Labute approximate surface area is 110 Å². The van der Waals surface area contributed by atoms with Crippen LogP contribution in [0.1, 0.15) is 18.5 Å². The molecule has 0 aromatic carbocycles. The molecular weight excluding hydrogens is 278 g/mol. The van der Waals surface area contributed by atoms with E-state index in [0.29, 0.717) is 0 Å². The standard InChI is InChI=1S/C13H16BrN3/c14-6-8-16(12-4-5-12)9-11-10-17-7-2-1-3-13(17)15-11/h1-3,7,10,12H,4-6,8-9H2. The molecule has 0 amide bonds. The number of halogens is 1. The molecule has 0 spiro atoms. The molecule has 0 unspecified atom stereocenters. The zero-order valence-corrected chi connectivity index (χ0v) is 11.3. The van der Waals surface area contributed by atoms with Crippen LogP contribution in [-0.4, -0.2) is 32.2 Å². The molecule has 0 radical (unpaired) electrons. The maximum Gasteiger partial charge on any atom is 0.137 e. The van der Waals surface area contributed by atoms with Gasteiger partial charge in [-0.3, -0.25) is 4.90 Å². The number of imidazole rings is 1. The van der Waals surface area contributed by atoms with Gasteiger partial charge in [-0.15, -0.1) is 0 Å². The van der Waals surface area contributed by atoms with Crippen LogP contribution in [0.2, 0.25) is 0 Å². The van der Waals surface area contributed by atoms with Gasteiger partial charge in [0, 0.05) is 36.9 Å². The van der Waals surface area contributed by atoms with Crippen LogP contribution in [0.15, 0.2) is 30.6 Å². The summed E-state index contributed by atoms with van der Waals surface area (Å²) in [4.78, 5) is 7.18. The second-order valence-corrected chi connectivity index (χ2v) is 5.38. The van der Waals surface area contributed by atoms with Crippen molar-refractivity contribution in [3.8, 4) is 0 Å². The molecule has 4 heteroatoms. The van der Waals surface area contributed by atoms with E-state index >= 15 is 0 Å². The molecule has 2 aromatic rings. The Morgan fingerprint density at radius 1 is 1.41 bits per heavy atom. The summed E-state index contributed by atoms with van der Waals surface area (Å²) in [5.41, 5.74) is 2.21. The maximum atomic E-state index is 4.65. The van der Waals surface area contributed by atoms with Crippen LogP contribution in [0.3, 0.4) is 0 Å². The van der Waals surface area contributed by atoms with Crippen molar-refractivity contribution in [1.82, 2.24) is 14.3 Å². The molecule has 0 atom stereocenters. The van der Waals surface area contributed by atoms with Crippen LogP contribution in [0.25, 0.3) is 5.65 Å². The van der Waals surface area contributed by atoms with E-state index in [1.165, 1.54) is 18.5 Å². The molecule has 0 aliphatic heterocycles. The van der Waals surface area contributed by atoms with Crippen LogP contribution < -0.4 is 0 Å². The predicted octanol–water partition coefficient (Wildman–Crippen LogP) is 2.69. The van der Waals surface area contributed by atoms with E-state index in [2.05, 4.69) is 48.7 Å². The number of pyridine rings is 1. The Morgan fingerprint density at radius 3 is 3.00 bits per heavy atom. The molecule has 2 aromatic heterocycles. The number of aromatic nitrogens is 2. The Kier molecular flexibility index (Phi) is 3.16. The molecular formula is C13H16BrN3. The highest BCUT2D eigenvalue weighted by Crippen LogP contribution is 2.28. The van der Waals surface area contributed by atoms with Gasteiger partial charge in [-0.05, 0) is 25.0 Å². The van der Waals surface area contributed by atoms with Crippen molar-refractivity contribution in [2.24, 2.45) is 0 Å². The normalized spacial score (nSPS) is 15.9. The van der Waals surface area contributed by atoms with Gasteiger partial charge in [0.25, 0.3) is 0 Å². The van der Waals surface area contributed by atoms with E-state index in [-0.39, 0.29) is 0 Å². The number of nitrogens with zero attached hydrogens (tertiary/aromatic N) is 3. The van der Waals surface area contributed by atoms with Gasteiger partial charge >= 0.3 is 0 Å². The third-order valence-electron chi connectivity index (χ3n) is 3.21. The van der Waals surface area contributed by atoms with Crippen molar-refractivity contribution in [3.05, 3.63) is 36.3 Å². The van der Waals surface area contributed by atoms with Gasteiger partial charge < -0.3 is 4.40 Å². The molecule has 0 N–H and O–H groups in total. The van der Waals surface area contributed by atoms with Gasteiger partial charge in [0.1, 0.15) is 5.65 Å². The SMILES string of the molecule is BrCCN(Cc1cn2ccccc2n1)C1CC1. The second-order valence-electron chi connectivity index (χ2n) is 4.59. The van der Waals surface area contributed by atoms with Gasteiger partial charge in [-0.25, -0.2) is 4.98 Å². The molecule has 1 saturated carbocycles. The zero-order valence-electron chi connectivity index (χ0n) is 9.72. The van der Waals surface area contributed by atoms with Crippen molar-refractivity contribution >= 4 is 21.6 Å². The summed E-state index contributed by atoms with van der Waals surface area (Å²) in [5.74, 6) is 0. The summed E-state index contributed by atoms with van der Waals surface area (Å²) in [7, 11) is 0.